The van der Waals surface area contributed by atoms with Gasteiger partial charge in [-0.3, -0.25) is 0 Å². The zero-order valence-corrected chi connectivity index (χ0v) is 10.8. The minimum atomic E-state index is 0.207. The van der Waals surface area contributed by atoms with Gasteiger partial charge in [-0.15, -0.1) is 0 Å². The molecular formula is C14H20ClN. The largest absolute Gasteiger partial charge is 0.316 e. The van der Waals surface area contributed by atoms with Gasteiger partial charge in [0.2, 0.25) is 0 Å². The van der Waals surface area contributed by atoms with Gasteiger partial charge in [0, 0.05) is 5.02 Å². The molecule has 1 heterocycles. The van der Waals surface area contributed by atoms with Crippen LogP contribution in [0.25, 0.3) is 0 Å². The predicted molar refractivity (Wildman–Crippen MR) is 70.1 cm³/mol. The summed E-state index contributed by atoms with van der Waals surface area (Å²) in [6, 6.07) is 8.30. The molecule has 1 unspecified atom stereocenters. The molecular weight excluding hydrogens is 218 g/mol. The van der Waals surface area contributed by atoms with Crippen LogP contribution < -0.4 is 5.32 Å². The monoisotopic (exact) mass is 237 g/mol. The predicted octanol–water partition coefficient (Wildman–Crippen LogP) is 3.62. The lowest BCUT2D eigenvalue weighted by atomic mass is 9.70. The van der Waals surface area contributed by atoms with Crippen LogP contribution in [0, 0.1) is 5.92 Å². The minimum Gasteiger partial charge on any atom is -0.316 e. The number of benzene rings is 1. The Kier molecular flexibility index (Phi) is 3.56. The van der Waals surface area contributed by atoms with E-state index in [1.54, 1.807) is 0 Å². The molecule has 2 rings (SSSR count). The van der Waals surface area contributed by atoms with Gasteiger partial charge in [-0.05, 0) is 55.0 Å². The van der Waals surface area contributed by atoms with E-state index < -0.39 is 0 Å². The van der Waals surface area contributed by atoms with Crippen molar-refractivity contribution in [2.45, 2.75) is 32.1 Å². The molecule has 16 heavy (non-hydrogen) atoms. The topological polar surface area (TPSA) is 12.0 Å². The van der Waals surface area contributed by atoms with E-state index in [1.165, 1.54) is 24.9 Å². The molecule has 0 aliphatic carbocycles. The number of hydrogen-bond acceptors (Lipinski definition) is 1. The molecule has 0 spiro atoms. The lowest BCUT2D eigenvalue weighted by molar-refractivity contribution is 0.252. The summed E-state index contributed by atoms with van der Waals surface area (Å²) in [4.78, 5) is 0. The third kappa shape index (κ3) is 2.41. The van der Waals surface area contributed by atoms with Crippen molar-refractivity contribution in [3.05, 3.63) is 34.9 Å². The molecule has 1 fully saturated rings. The van der Waals surface area contributed by atoms with Gasteiger partial charge in [-0.1, -0.05) is 37.6 Å². The van der Waals surface area contributed by atoms with Gasteiger partial charge in [0.1, 0.15) is 0 Å². The van der Waals surface area contributed by atoms with Gasteiger partial charge in [0.15, 0.2) is 0 Å². The van der Waals surface area contributed by atoms with Gasteiger partial charge in [0.05, 0.1) is 0 Å². The first-order chi connectivity index (χ1) is 7.60. The molecule has 0 aromatic heterocycles. The number of nitrogens with one attached hydrogen (secondary N) is 1. The van der Waals surface area contributed by atoms with E-state index in [9.17, 15) is 0 Å². The molecule has 1 aliphatic heterocycles. The highest BCUT2D eigenvalue weighted by atomic mass is 35.5. The summed E-state index contributed by atoms with van der Waals surface area (Å²) in [5.74, 6) is 0.708. The van der Waals surface area contributed by atoms with E-state index in [0.29, 0.717) is 5.92 Å². The van der Waals surface area contributed by atoms with Gasteiger partial charge in [0.25, 0.3) is 0 Å². The highest BCUT2D eigenvalue weighted by Crippen LogP contribution is 2.36. The highest BCUT2D eigenvalue weighted by molar-refractivity contribution is 6.30. The number of hydrogen-bond donors (Lipinski definition) is 1. The Balaban J connectivity index is 2.22. The van der Waals surface area contributed by atoms with E-state index in [0.717, 1.165) is 11.6 Å². The van der Waals surface area contributed by atoms with E-state index in [-0.39, 0.29) is 5.41 Å². The van der Waals surface area contributed by atoms with Crippen LogP contribution in [-0.4, -0.2) is 13.1 Å². The van der Waals surface area contributed by atoms with Crippen molar-refractivity contribution in [1.29, 1.82) is 0 Å². The molecule has 1 saturated heterocycles. The van der Waals surface area contributed by atoms with Crippen molar-refractivity contribution < 1.29 is 0 Å². The Hall–Kier alpha value is -0.530. The van der Waals surface area contributed by atoms with Crippen molar-refractivity contribution >= 4 is 11.6 Å². The van der Waals surface area contributed by atoms with Crippen LogP contribution in [0.2, 0.25) is 5.02 Å². The summed E-state index contributed by atoms with van der Waals surface area (Å²) in [5, 5.41) is 4.33. The van der Waals surface area contributed by atoms with Crippen LogP contribution in [-0.2, 0) is 5.41 Å². The van der Waals surface area contributed by atoms with Crippen molar-refractivity contribution in [2.75, 3.05) is 13.1 Å². The second-order valence-electron chi connectivity index (χ2n) is 5.28. The van der Waals surface area contributed by atoms with Gasteiger partial charge >= 0.3 is 0 Å². The first-order valence-corrected chi connectivity index (χ1v) is 6.45. The number of rotatable bonds is 2. The molecule has 2 heteroatoms. The highest BCUT2D eigenvalue weighted by Gasteiger charge is 2.32. The van der Waals surface area contributed by atoms with Crippen LogP contribution in [0.3, 0.4) is 0 Å². The zero-order chi connectivity index (χ0) is 11.6. The molecule has 88 valence electrons. The fourth-order valence-corrected chi connectivity index (χ4v) is 2.78. The van der Waals surface area contributed by atoms with E-state index in [1.807, 2.05) is 6.07 Å². The molecule has 0 saturated carbocycles. The van der Waals surface area contributed by atoms with Crippen molar-refractivity contribution in [1.82, 2.24) is 5.32 Å². The smallest absolute Gasteiger partial charge is 0.0408 e. The summed E-state index contributed by atoms with van der Waals surface area (Å²) in [6.07, 6.45) is 2.60. The Morgan fingerprint density at radius 3 is 2.81 bits per heavy atom. The maximum atomic E-state index is 6.07. The number of piperidine rings is 1. The summed E-state index contributed by atoms with van der Waals surface area (Å²) in [7, 11) is 0. The molecule has 1 aromatic carbocycles. The Morgan fingerprint density at radius 2 is 2.19 bits per heavy atom. The first kappa shape index (κ1) is 11.9. The molecule has 1 aliphatic rings. The minimum absolute atomic E-state index is 0.207. The summed E-state index contributed by atoms with van der Waals surface area (Å²) >= 11 is 6.07. The molecule has 0 bridgehead atoms. The fraction of sp³-hybridized carbons (Fsp3) is 0.571. The van der Waals surface area contributed by atoms with Crippen molar-refractivity contribution in [3.63, 3.8) is 0 Å². The third-order valence-electron chi connectivity index (χ3n) is 3.89. The molecule has 1 N–H and O–H groups in total. The standard InChI is InChI=1S/C14H20ClN/c1-14(2,12-6-4-8-16-10-12)11-5-3-7-13(15)9-11/h3,5,7,9,12,16H,4,6,8,10H2,1-2H3. The molecule has 1 aromatic rings. The van der Waals surface area contributed by atoms with Crippen molar-refractivity contribution in [2.24, 2.45) is 5.92 Å². The van der Waals surface area contributed by atoms with Crippen LogP contribution in [0.4, 0.5) is 0 Å². The molecule has 1 atom stereocenters. The number of halogens is 1. The Bertz CT molecular complexity index is 354. The summed E-state index contributed by atoms with van der Waals surface area (Å²) < 4.78 is 0. The average Bonchev–Trinajstić information content (AvgIpc) is 2.30. The maximum Gasteiger partial charge on any atom is 0.0408 e. The van der Waals surface area contributed by atoms with Crippen LogP contribution >= 0.6 is 11.6 Å². The van der Waals surface area contributed by atoms with Crippen LogP contribution in [0.15, 0.2) is 24.3 Å². The van der Waals surface area contributed by atoms with E-state index >= 15 is 0 Å². The first-order valence-electron chi connectivity index (χ1n) is 6.07. The zero-order valence-electron chi connectivity index (χ0n) is 10.1. The summed E-state index contributed by atoms with van der Waals surface area (Å²) in [6.45, 7) is 6.95. The molecule has 1 nitrogen and oxygen atoms in total. The summed E-state index contributed by atoms with van der Waals surface area (Å²) in [5.41, 5.74) is 1.56. The van der Waals surface area contributed by atoms with E-state index in [2.05, 4.69) is 37.4 Å². The quantitative estimate of drug-likeness (QED) is 0.829. The van der Waals surface area contributed by atoms with Gasteiger partial charge in [-0.25, -0.2) is 0 Å². The van der Waals surface area contributed by atoms with Crippen LogP contribution in [0.5, 0.6) is 0 Å². The second kappa shape index (κ2) is 4.77. The SMILES string of the molecule is CC(C)(c1cccc(Cl)c1)C1CCCNC1. The molecule has 0 radical (unpaired) electrons. The lowest BCUT2D eigenvalue weighted by Gasteiger charge is -2.38. The van der Waals surface area contributed by atoms with Crippen molar-refractivity contribution in [3.8, 4) is 0 Å². The second-order valence-corrected chi connectivity index (χ2v) is 5.71. The Labute approximate surface area is 103 Å². The van der Waals surface area contributed by atoms with Gasteiger partial charge in [-0.2, -0.15) is 0 Å². The Morgan fingerprint density at radius 1 is 1.38 bits per heavy atom. The maximum absolute atomic E-state index is 6.07. The fourth-order valence-electron chi connectivity index (χ4n) is 2.59. The van der Waals surface area contributed by atoms with Gasteiger partial charge < -0.3 is 5.32 Å². The molecule has 0 amide bonds. The third-order valence-corrected chi connectivity index (χ3v) is 4.12. The van der Waals surface area contributed by atoms with E-state index in [4.69, 9.17) is 11.6 Å². The lowest BCUT2D eigenvalue weighted by Crippen LogP contribution is -2.40. The normalized spacial score (nSPS) is 22.1. The van der Waals surface area contributed by atoms with Crippen LogP contribution in [0.1, 0.15) is 32.3 Å². The average molecular weight is 238 g/mol.